The average molecular weight is 268 g/mol. The van der Waals surface area contributed by atoms with Crippen LogP contribution in [-0.4, -0.2) is 24.4 Å². The lowest BCUT2D eigenvalue weighted by Crippen LogP contribution is -2.39. The number of hydrogen-bond acceptors (Lipinski definition) is 2. The van der Waals surface area contributed by atoms with Gasteiger partial charge in [-0.1, -0.05) is 34.6 Å². The van der Waals surface area contributed by atoms with E-state index < -0.39 is 5.41 Å². The van der Waals surface area contributed by atoms with E-state index in [1.165, 1.54) is 6.42 Å². The van der Waals surface area contributed by atoms with Gasteiger partial charge in [-0.2, -0.15) is 0 Å². The molecule has 0 saturated heterocycles. The van der Waals surface area contributed by atoms with E-state index in [-0.39, 0.29) is 11.8 Å². The molecular formula is C15H28N2O2. The number of nitrogens with one attached hydrogen (secondary N) is 2. The van der Waals surface area contributed by atoms with Crippen molar-refractivity contribution in [2.45, 2.75) is 66.3 Å². The van der Waals surface area contributed by atoms with E-state index in [1.807, 2.05) is 20.8 Å². The minimum atomic E-state index is -0.397. The molecule has 0 radical (unpaired) electrons. The van der Waals surface area contributed by atoms with Gasteiger partial charge in [0.1, 0.15) is 0 Å². The number of hydrogen-bond donors (Lipinski definition) is 2. The zero-order valence-corrected chi connectivity index (χ0v) is 12.9. The fourth-order valence-corrected chi connectivity index (χ4v) is 2.41. The summed E-state index contributed by atoms with van der Waals surface area (Å²) < 4.78 is 0. The SMILES string of the molecule is CC1(C)CCC(NC(=O)CCNC(=O)C(C)(C)C)C1. The van der Waals surface area contributed by atoms with Gasteiger partial charge in [0.15, 0.2) is 0 Å². The standard InChI is InChI=1S/C15H28N2O2/c1-14(2,3)13(19)16-9-7-12(18)17-11-6-8-15(4,5)10-11/h11H,6-10H2,1-5H3,(H,16,19)(H,17,18). The van der Waals surface area contributed by atoms with Crippen LogP contribution in [0.1, 0.15) is 60.3 Å². The highest BCUT2D eigenvalue weighted by molar-refractivity contribution is 5.82. The van der Waals surface area contributed by atoms with Crippen molar-refractivity contribution in [1.82, 2.24) is 10.6 Å². The zero-order valence-electron chi connectivity index (χ0n) is 12.9. The van der Waals surface area contributed by atoms with E-state index in [1.54, 1.807) is 0 Å². The quantitative estimate of drug-likeness (QED) is 0.821. The van der Waals surface area contributed by atoms with E-state index in [0.29, 0.717) is 24.4 Å². The molecular weight excluding hydrogens is 240 g/mol. The van der Waals surface area contributed by atoms with Crippen LogP contribution in [0.25, 0.3) is 0 Å². The summed E-state index contributed by atoms with van der Waals surface area (Å²) >= 11 is 0. The first-order chi connectivity index (χ1) is 8.60. The normalized spacial score (nSPS) is 22.1. The molecule has 1 rings (SSSR count). The number of amides is 2. The fraction of sp³-hybridized carbons (Fsp3) is 0.867. The molecule has 2 amide bonds. The second-order valence-corrected chi connectivity index (χ2v) is 7.43. The molecule has 0 aromatic heterocycles. The zero-order chi connectivity index (χ0) is 14.7. The van der Waals surface area contributed by atoms with Gasteiger partial charge in [0, 0.05) is 24.4 Å². The molecule has 0 spiro atoms. The molecule has 0 heterocycles. The van der Waals surface area contributed by atoms with Crippen LogP contribution in [0.15, 0.2) is 0 Å². The van der Waals surface area contributed by atoms with E-state index in [2.05, 4.69) is 24.5 Å². The van der Waals surface area contributed by atoms with Crippen molar-refractivity contribution in [3.05, 3.63) is 0 Å². The Morgan fingerprint density at radius 1 is 1.26 bits per heavy atom. The first-order valence-corrected chi connectivity index (χ1v) is 7.18. The summed E-state index contributed by atoms with van der Waals surface area (Å²) in [5.41, 5.74) is -0.0512. The molecule has 0 aliphatic heterocycles. The molecule has 2 N–H and O–H groups in total. The first kappa shape index (κ1) is 16.0. The van der Waals surface area contributed by atoms with Crippen molar-refractivity contribution >= 4 is 11.8 Å². The molecule has 0 aromatic carbocycles. The predicted octanol–water partition coefficient (Wildman–Crippen LogP) is 2.23. The van der Waals surface area contributed by atoms with Crippen LogP contribution in [-0.2, 0) is 9.59 Å². The van der Waals surface area contributed by atoms with E-state index in [0.717, 1.165) is 12.8 Å². The van der Waals surface area contributed by atoms with Crippen LogP contribution in [0.5, 0.6) is 0 Å². The Labute approximate surface area is 116 Å². The van der Waals surface area contributed by atoms with Crippen molar-refractivity contribution in [2.75, 3.05) is 6.54 Å². The molecule has 1 unspecified atom stereocenters. The van der Waals surface area contributed by atoms with Crippen LogP contribution in [0.2, 0.25) is 0 Å². The van der Waals surface area contributed by atoms with Crippen molar-refractivity contribution < 1.29 is 9.59 Å². The Bertz CT molecular complexity index is 343. The molecule has 1 fully saturated rings. The molecule has 4 nitrogen and oxygen atoms in total. The Hall–Kier alpha value is -1.06. The van der Waals surface area contributed by atoms with Gasteiger partial charge < -0.3 is 10.6 Å². The highest BCUT2D eigenvalue weighted by Crippen LogP contribution is 2.36. The lowest BCUT2D eigenvalue weighted by molar-refractivity contribution is -0.128. The lowest BCUT2D eigenvalue weighted by Gasteiger charge is -2.19. The third-order valence-corrected chi connectivity index (χ3v) is 3.65. The maximum Gasteiger partial charge on any atom is 0.225 e. The van der Waals surface area contributed by atoms with Crippen LogP contribution in [0.4, 0.5) is 0 Å². The molecule has 4 heteroatoms. The lowest BCUT2D eigenvalue weighted by atomic mass is 9.92. The Kier molecular flexibility index (Phi) is 4.99. The van der Waals surface area contributed by atoms with Gasteiger partial charge in [0.25, 0.3) is 0 Å². The monoisotopic (exact) mass is 268 g/mol. The van der Waals surface area contributed by atoms with Crippen LogP contribution < -0.4 is 10.6 Å². The Morgan fingerprint density at radius 3 is 2.37 bits per heavy atom. The summed E-state index contributed by atoms with van der Waals surface area (Å²) in [6.07, 6.45) is 3.64. The predicted molar refractivity (Wildman–Crippen MR) is 76.6 cm³/mol. The largest absolute Gasteiger partial charge is 0.355 e. The van der Waals surface area contributed by atoms with Gasteiger partial charge in [0.2, 0.25) is 11.8 Å². The minimum Gasteiger partial charge on any atom is -0.355 e. The number of rotatable bonds is 4. The van der Waals surface area contributed by atoms with Crippen molar-refractivity contribution in [3.8, 4) is 0 Å². The van der Waals surface area contributed by atoms with Gasteiger partial charge in [-0.3, -0.25) is 9.59 Å². The Balaban J connectivity index is 2.21. The summed E-state index contributed by atoms with van der Waals surface area (Å²) in [4.78, 5) is 23.4. The molecule has 19 heavy (non-hydrogen) atoms. The molecule has 1 saturated carbocycles. The molecule has 1 atom stereocenters. The molecule has 1 aliphatic carbocycles. The van der Waals surface area contributed by atoms with E-state index >= 15 is 0 Å². The van der Waals surface area contributed by atoms with E-state index in [9.17, 15) is 9.59 Å². The highest BCUT2D eigenvalue weighted by Gasteiger charge is 2.31. The van der Waals surface area contributed by atoms with Gasteiger partial charge in [-0.15, -0.1) is 0 Å². The molecule has 0 aromatic rings. The third kappa shape index (κ3) is 5.62. The van der Waals surface area contributed by atoms with E-state index in [4.69, 9.17) is 0 Å². The summed E-state index contributed by atoms with van der Waals surface area (Å²) in [6, 6.07) is 0.306. The van der Waals surface area contributed by atoms with Crippen molar-refractivity contribution in [2.24, 2.45) is 10.8 Å². The van der Waals surface area contributed by atoms with Gasteiger partial charge in [0.05, 0.1) is 0 Å². The second kappa shape index (κ2) is 5.93. The summed E-state index contributed by atoms with van der Waals surface area (Å²) in [5, 5.41) is 5.85. The first-order valence-electron chi connectivity index (χ1n) is 7.18. The van der Waals surface area contributed by atoms with Crippen LogP contribution >= 0.6 is 0 Å². The number of carbonyl (C=O) groups excluding carboxylic acids is 2. The minimum absolute atomic E-state index is 0.0118. The second-order valence-electron chi connectivity index (χ2n) is 7.43. The highest BCUT2D eigenvalue weighted by atomic mass is 16.2. The van der Waals surface area contributed by atoms with Crippen molar-refractivity contribution in [1.29, 1.82) is 0 Å². The summed E-state index contributed by atoms with van der Waals surface area (Å²) in [5.74, 6) is 0.0270. The smallest absolute Gasteiger partial charge is 0.225 e. The maximum atomic E-state index is 11.8. The summed E-state index contributed by atoms with van der Waals surface area (Å²) in [7, 11) is 0. The molecule has 1 aliphatic rings. The van der Waals surface area contributed by atoms with Crippen LogP contribution in [0, 0.1) is 10.8 Å². The van der Waals surface area contributed by atoms with Crippen LogP contribution in [0.3, 0.4) is 0 Å². The third-order valence-electron chi connectivity index (χ3n) is 3.65. The average Bonchev–Trinajstić information content (AvgIpc) is 2.56. The van der Waals surface area contributed by atoms with Crippen molar-refractivity contribution in [3.63, 3.8) is 0 Å². The fourth-order valence-electron chi connectivity index (χ4n) is 2.41. The topological polar surface area (TPSA) is 58.2 Å². The van der Waals surface area contributed by atoms with Gasteiger partial charge >= 0.3 is 0 Å². The summed E-state index contributed by atoms with van der Waals surface area (Å²) in [6.45, 7) is 10.5. The number of carbonyl (C=O) groups is 2. The Morgan fingerprint density at radius 2 is 1.89 bits per heavy atom. The molecule has 110 valence electrons. The molecule has 0 bridgehead atoms. The van der Waals surface area contributed by atoms with Gasteiger partial charge in [-0.25, -0.2) is 0 Å². The van der Waals surface area contributed by atoms with Gasteiger partial charge in [-0.05, 0) is 24.7 Å². The maximum absolute atomic E-state index is 11.8.